The predicted octanol–water partition coefficient (Wildman–Crippen LogP) is 2.80. The smallest absolute Gasteiger partial charge is 0.0753 e. The number of thioether (sulfide) groups is 1. The van der Waals surface area contributed by atoms with Crippen molar-refractivity contribution in [2.75, 3.05) is 5.75 Å². The van der Waals surface area contributed by atoms with E-state index in [-0.39, 0.29) is 0 Å². The average molecular weight is 251 g/mol. The zero-order valence-electron chi connectivity index (χ0n) is 10.6. The van der Waals surface area contributed by atoms with Crippen molar-refractivity contribution < 1.29 is 0 Å². The van der Waals surface area contributed by atoms with E-state index in [2.05, 4.69) is 40.9 Å². The molecular weight excluding hydrogens is 230 g/mol. The highest BCUT2D eigenvalue weighted by Crippen LogP contribution is 2.31. The summed E-state index contributed by atoms with van der Waals surface area (Å²) in [4.78, 5) is 8.49. The van der Waals surface area contributed by atoms with Gasteiger partial charge in [0, 0.05) is 35.9 Å². The van der Waals surface area contributed by atoms with Gasteiger partial charge in [0.25, 0.3) is 0 Å². The third-order valence-electron chi connectivity index (χ3n) is 3.32. The van der Waals surface area contributed by atoms with Gasteiger partial charge < -0.3 is 5.32 Å². The lowest BCUT2D eigenvalue weighted by molar-refractivity contribution is 0.459. The summed E-state index contributed by atoms with van der Waals surface area (Å²) in [7, 11) is 0. The summed E-state index contributed by atoms with van der Waals surface area (Å²) in [6.45, 7) is 4.42. The van der Waals surface area contributed by atoms with Crippen molar-refractivity contribution in [2.45, 2.75) is 50.4 Å². The summed E-state index contributed by atoms with van der Waals surface area (Å²) in [6, 6.07) is 0.934. The minimum absolute atomic E-state index is 0.298. The van der Waals surface area contributed by atoms with E-state index < -0.39 is 0 Å². The molecule has 1 fully saturated rings. The summed E-state index contributed by atoms with van der Waals surface area (Å²) in [5.74, 6) is 1.21. The molecule has 1 aromatic rings. The molecule has 3 atom stereocenters. The summed E-state index contributed by atoms with van der Waals surface area (Å²) >= 11 is 2.09. The monoisotopic (exact) mass is 251 g/mol. The number of hydrogen-bond donors (Lipinski definition) is 1. The van der Waals surface area contributed by atoms with Gasteiger partial charge >= 0.3 is 0 Å². The number of aromatic nitrogens is 2. The van der Waals surface area contributed by atoms with E-state index in [9.17, 15) is 0 Å². The van der Waals surface area contributed by atoms with Crippen LogP contribution < -0.4 is 5.32 Å². The highest BCUT2D eigenvalue weighted by atomic mass is 32.2. The second-order valence-electron chi connectivity index (χ2n) is 4.55. The van der Waals surface area contributed by atoms with Crippen LogP contribution in [0, 0.1) is 0 Å². The zero-order valence-corrected chi connectivity index (χ0v) is 11.4. The molecule has 3 nitrogen and oxygen atoms in total. The molecule has 2 rings (SSSR count). The third-order valence-corrected chi connectivity index (χ3v) is 4.65. The van der Waals surface area contributed by atoms with Crippen molar-refractivity contribution in [3.63, 3.8) is 0 Å². The first kappa shape index (κ1) is 12.8. The first-order valence-electron chi connectivity index (χ1n) is 6.44. The molecule has 0 saturated heterocycles. The molecule has 1 aliphatic rings. The molecule has 1 heterocycles. The van der Waals surface area contributed by atoms with Gasteiger partial charge in [0.05, 0.1) is 5.69 Å². The molecule has 1 aliphatic carbocycles. The van der Waals surface area contributed by atoms with Gasteiger partial charge in [-0.25, -0.2) is 0 Å². The van der Waals surface area contributed by atoms with Crippen LogP contribution in [0.15, 0.2) is 18.6 Å². The molecule has 1 saturated carbocycles. The minimum Gasteiger partial charge on any atom is -0.305 e. The van der Waals surface area contributed by atoms with E-state index >= 15 is 0 Å². The van der Waals surface area contributed by atoms with Crippen molar-refractivity contribution in [3.05, 3.63) is 24.3 Å². The normalized spacial score (nSPS) is 26.0. The SMILES string of the molecule is CCSC1CCCC1NC(C)c1cnccn1. The van der Waals surface area contributed by atoms with Crippen LogP contribution in [0.5, 0.6) is 0 Å². The molecule has 0 aliphatic heterocycles. The maximum atomic E-state index is 4.36. The molecule has 0 amide bonds. The Morgan fingerprint density at radius 3 is 3.06 bits per heavy atom. The highest BCUT2D eigenvalue weighted by Gasteiger charge is 2.28. The van der Waals surface area contributed by atoms with Crippen LogP contribution in [0.2, 0.25) is 0 Å². The fourth-order valence-corrected chi connectivity index (χ4v) is 3.68. The van der Waals surface area contributed by atoms with Crippen LogP contribution in [-0.4, -0.2) is 27.0 Å². The maximum Gasteiger partial charge on any atom is 0.0753 e. The van der Waals surface area contributed by atoms with Gasteiger partial charge in [-0.15, -0.1) is 0 Å². The van der Waals surface area contributed by atoms with Crippen LogP contribution in [0.1, 0.15) is 44.8 Å². The van der Waals surface area contributed by atoms with E-state index in [1.165, 1.54) is 25.0 Å². The van der Waals surface area contributed by atoms with E-state index in [0.29, 0.717) is 12.1 Å². The zero-order chi connectivity index (χ0) is 12.1. The van der Waals surface area contributed by atoms with Crippen molar-refractivity contribution in [3.8, 4) is 0 Å². The summed E-state index contributed by atoms with van der Waals surface area (Å²) < 4.78 is 0. The van der Waals surface area contributed by atoms with Gasteiger partial charge in [-0.2, -0.15) is 11.8 Å². The maximum absolute atomic E-state index is 4.36. The van der Waals surface area contributed by atoms with Gasteiger partial charge in [0.15, 0.2) is 0 Å². The standard InChI is InChI=1S/C13H21N3S/c1-3-17-13-6-4-5-11(13)16-10(2)12-9-14-7-8-15-12/h7-11,13,16H,3-6H2,1-2H3. The van der Waals surface area contributed by atoms with E-state index in [1.807, 2.05) is 6.20 Å². The second kappa shape index (κ2) is 6.36. The third kappa shape index (κ3) is 3.42. The Bertz CT molecular complexity index is 331. The van der Waals surface area contributed by atoms with E-state index in [1.54, 1.807) is 12.4 Å². The van der Waals surface area contributed by atoms with Crippen molar-refractivity contribution in [2.24, 2.45) is 0 Å². The molecule has 0 radical (unpaired) electrons. The summed E-state index contributed by atoms with van der Waals surface area (Å²) in [5.41, 5.74) is 1.04. The minimum atomic E-state index is 0.298. The van der Waals surface area contributed by atoms with Crippen molar-refractivity contribution in [1.29, 1.82) is 0 Å². The highest BCUT2D eigenvalue weighted by molar-refractivity contribution is 7.99. The Labute approximate surface area is 108 Å². The fourth-order valence-electron chi connectivity index (χ4n) is 2.47. The van der Waals surface area contributed by atoms with Gasteiger partial charge in [-0.1, -0.05) is 13.3 Å². The molecule has 0 aromatic carbocycles. The number of hydrogen-bond acceptors (Lipinski definition) is 4. The van der Waals surface area contributed by atoms with Gasteiger partial charge in [0.1, 0.15) is 0 Å². The lowest BCUT2D eigenvalue weighted by atomic mass is 10.2. The first-order chi connectivity index (χ1) is 8.31. The topological polar surface area (TPSA) is 37.8 Å². The Morgan fingerprint density at radius 2 is 2.35 bits per heavy atom. The van der Waals surface area contributed by atoms with Crippen molar-refractivity contribution in [1.82, 2.24) is 15.3 Å². The molecule has 4 heteroatoms. The van der Waals surface area contributed by atoms with Crippen LogP contribution in [0.25, 0.3) is 0 Å². The Morgan fingerprint density at radius 1 is 1.47 bits per heavy atom. The lowest BCUT2D eigenvalue weighted by Gasteiger charge is -2.24. The quantitative estimate of drug-likeness (QED) is 0.873. The molecule has 1 N–H and O–H groups in total. The Hall–Kier alpha value is -0.610. The second-order valence-corrected chi connectivity index (χ2v) is 6.07. The van der Waals surface area contributed by atoms with E-state index in [0.717, 1.165) is 10.9 Å². The molecule has 0 spiro atoms. The van der Waals surface area contributed by atoms with E-state index in [4.69, 9.17) is 0 Å². The largest absolute Gasteiger partial charge is 0.305 e. The van der Waals surface area contributed by atoms with Crippen molar-refractivity contribution >= 4 is 11.8 Å². The Balaban J connectivity index is 1.92. The number of rotatable bonds is 5. The lowest BCUT2D eigenvalue weighted by Crippen LogP contribution is -2.36. The molecule has 3 unspecified atom stereocenters. The number of nitrogens with zero attached hydrogens (tertiary/aromatic N) is 2. The molecule has 17 heavy (non-hydrogen) atoms. The molecular formula is C13H21N3S. The molecule has 1 aromatic heterocycles. The van der Waals surface area contributed by atoms with Crippen LogP contribution in [0.4, 0.5) is 0 Å². The predicted molar refractivity (Wildman–Crippen MR) is 73.1 cm³/mol. The molecule has 0 bridgehead atoms. The summed E-state index contributed by atoms with van der Waals surface area (Å²) in [5, 5.41) is 4.48. The van der Waals surface area contributed by atoms with Gasteiger partial charge in [0.2, 0.25) is 0 Å². The van der Waals surface area contributed by atoms with Crippen LogP contribution in [-0.2, 0) is 0 Å². The number of nitrogens with one attached hydrogen (secondary N) is 1. The average Bonchev–Trinajstić information content (AvgIpc) is 2.78. The van der Waals surface area contributed by atoms with Gasteiger partial charge in [-0.05, 0) is 25.5 Å². The first-order valence-corrected chi connectivity index (χ1v) is 7.49. The Kier molecular flexibility index (Phi) is 4.80. The fraction of sp³-hybridized carbons (Fsp3) is 0.692. The van der Waals surface area contributed by atoms with Crippen LogP contribution >= 0.6 is 11.8 Å². The summed E-state index contributed by atoms with van der Waals surface area (Å²) in [6.07, 6.45) is 9.34. The van der Waals surface area contributed by atoms with Gasteiger partial charge in [-0.3, -0.25) is 9.97 Å². The molecule has 94 valence electrons. The van der Waals surface area contributed by atoms with Crippen LogP contribution in [0.3, 0.4) is 0 Å².